The number of alkyl halides is 2. The molecule has 0 aromatic heterocycles. The van der Waals surface area contributed by atoms with Crippen molar-refractivity contribution < 1.29 is 13.0 Å². The molecule has 2 nitrogen and oxygen atoms in total. The second-order valence-corrected chi connectivity index (χ2v) is 13.4. The summed E-state index contributed by atoms with van der Waals surface area (Å²) in [6, 6.07) is 7.86. The number of halogens is 2. The van der Waals surface area contributed by atoms with Gasteiger partial charge in [-0.15, -0.1) is 0 Å². The van der Waals surface area contributed by atoms with Crippen LogP contribution in [-0.4, -0.2) is 18.2 Å². The largest absolute Gasteiger partial charge is 0.322 e. The van der Waals surface area contributed by atoms with Gasteiger partial charge < -0.3 is 0 Å². The molecule has 0 saturated carbocycles. The zero-order chi connectivity index (χ0) is 14.9. The van der Waals surface area contributed by atoms with Gasteiger partial charge in [-0.2, -0.15) is 8.78 Å². The molecule has 108 valence electrons. The molecule has 0 radical (unpaired) electrons. The molecular formula is C13H21F2NOSSi. The van der Waals surface area contributed by atoms with Crippen molar-refractivity contribution in [2.75, 3.05) is 0 Å². The zero-order valence-electron chi connectivity index (χ0n) is 12.0. The Morgan fingerprint density at radius 3 is 2.00 bits per heavy atom. The topological polar surface area (TPSA) is 29.4 Å². The average Bonchev–Trinajstić information content (AvgIpc) is 2.27. The van der Waals surface area contributed by atoms with Gasteiger partial charge in [-0.1, -0.05) is 39.0 Å². The first-order valence-corrected chi connectivity index (χ1v) is 10.6. The zero-order valence-corrected chi connectivity index (χ0v) is 13.8. The highest BCUT2D eigenvalue weighted by Gasteiger charge is 2.39. The molecule has 0 aliphatic rings. The summed E-state index contributed by atoms with van der Waals surface area (Å²) in [4.78, 5) is 0.120. The Labute approximate surface area is 115 Å². The highest BCUT2D eigenvalue weighted by Crippen LogP contribution is 2.39. The highest BCUT2D eigenvalue weighted by atomic mass is 32.2. The first-order valence-electron chi connectivity index (χ1n) is 6.11. The van der Waals surface area contributed by atoms with Crippen LogP contribution in [0.4, 0.5) is 8.78 Å². The van der Waals surface area contributed by atoms with Crippen molar-refractivity contribution in [2.45, 2.75) is 49.6 Å². The second kappa shape index (κ2) is 5.32. The van der Waals surface area contributed by atoms with E-state index in [1.807, 2.05) is 33.9 Å². The Bertz CT molecular complexity index is 544. The molecule has 0 aliphatic carbocycles. The van der Waals surface area contributed by atoms with E-state index in [1.54, 1.807) is 18.2 Å². The summed E-state index contributed by atoms with van der Waals surface area (Å²) in [7, 11) is -6.09. The predicted octanol–water partition coefficient (Wildman–Crippen LogP) is 4.74. The van der Waals surface area contributed by atoms with Crippen molar-refractivity contribution in [1.29, 1.82) is 0 Å². The van der Waals surface area contributed by atoms with Crippen molar-refractivity contribution in [3.8, 4) is 0 Å². The minimum atomic E-state index is -3.67. The molecule has 0 unspecified atom stereocenters. The summed E-state index contributed by atoms with van der Waals surface area (Å²) >= 11 is 0. The minimum Gasteiger partial charge on any atom is -0.269 e. The van der Waals surface area contributed by atoms with Crippen molar-refractivity contribution in [1.82, 2.24) is 0 Å². The van der Waals surface area contributed by atoms with Crippen LogP contribution in [0.25, 0.3) is 0 Å². The maximum Gasteiger partial charge on any atom is 0.322 e. The molecular weight excluding hydrogens is 284 g/mol. The van der Waals surface area contributed by atoms with E-state index in [4.69, 9.17) is 0 Å². The summed E-state index contributed by atoms with van der Waals surface area (Å²) in [6.07, 6.45) is 0. The molecule has 1 aromatic carbocycles. The Kier molecular flexibility index (Phi) is 4.57. The smallest absolute Gasteiger partial charge is 0.269 e. The average molecular weight is 305 g/mol. The minimum absolute atomic E-state index is 0.120. The van der Waals surface area contributed by atoms with E-state index in [0.29, 0.717) is 0 Å². The summed E-state index contributed by atoms with van der Waals surface area (Å²) in [5.41, 5.74) is 0. The van der Waals surface area contributed by atoms with Gasteiger partial charge >= 0.3 is 5.76 Å². The van der Waals surface area contributed by atoms with Crippen LogP contribution < -0.4 is 0 Å². The van der Waals surface area contributed by atoms with Gasteiger partial charge in [0.2, 0.25) is 0 Å². The third kappa shape index (κ3) is 3.42. The lowest BCUT2D eigenvalue weighted by molar-refractivity contribution is 0.241. The third-order valence-electron chi connectivity index (χ3n) is 3.52. The van der Waals surface area contributed by atoms with Crippen molar-refractivity contribution in [3.63, 3.8) is 0 Å². The molecule has 1 atom stereocenters. The van der Waals surface area contributed by atoms with Crippen LogP contribution in [0, 0.1) is 0 Å². The van der Waals surface area contributed by atoms with Crippen molar-refractivity contribution in [3.05, 3.63) is 30.3 Å². The molecule has 6 heteroatoms. The van der Waals surface area contributed by atoms with Gasteiger partial charge in [-0.25, -0.2) is 4.21 Å². The van der Waals surface area contributed by atoms with E-state index in [1.165, 1.54) is 12.1 Å². The molecule has 1 aromatic rings. The molecule has 19 heavy (non-hydrogen) atoms. The van der Waals surface area contributed by atoms with Gasteiger partial charge in [0.15, 0.2) is 8.24 Å². The van der Waals surface area contributed by atoms with Crippen LogP contribution in [0.15, 0.2) is 39.3 Å². The summed E-state index contributed by atoms with van der Waals surface area (Å²) in [6.45, 7) is 9.62. The third-order valence-corrected chi connectivity index (χ3v) is 11.5. The summed E-state index contributed by atoms with van der Waals surface area (Å²) < 4.78 is 43.5. The van der Waals surface area contributed by atoms with Gasteiger partial charge in [-0.05, 0) is 30.3 Å². The van der Waals surface area contributed by atoms with Crippen LogP contribution >= 0.6 is 0 Å². The second-order valence-electron chi connectivity index (χ2n) is 6.04. The van der Waals surface area contributed by atoms with Gasteiger partial charge in [0.25, 0.3) is 0 Å². The predicted molar refractivity (Wildman–Crippen MR) is 78.5 cm³/mol. The molecule has 0 heterocycles. The van der Waals surface area contributed by atoms with Gasteiger partial charge in [0.05, 0.1) is 4.90 Å². The molecule has 0 aliphatic heterocycles. The fourth-order valence-corrected chi connectivity index (χ4v) is 6.59. The fourth-order valence-electron chi connectivity index (χ4n) is 1.29. The van der Waals surface area contributed by atoms with Gasteiger partial charge in [0, 0.05) is 0 Å². The lowest BCUT2D eigenvalue weighted by atomic mass is 10.2. The van der Waals surface area contributed by atoms with Crippen LogP contribution in [0.5, 0.6) is 0 Å². The molecule has 1 rings (SSSR count). The van der Waals surface area contributed by atoms with Crippen LogP contribution in [0.2, 0.25) is 18.1 Å². The fraction of sp³-hybridized carbons (Fsp3) is 0.538. The van der Waals surface area contributed by atoms with Crippen LogP contribution in [0.3, 0.4) is 0 Å². The van der Waals surface area contributed by atoms with Gasteiger partial charge in [-0.3, -0.25) is 4.03 Å². The Balaban J connectivity index is 3.51. The normalized spacial score (nSPS) is 16.2. The molecule has 0 bridgehead atoms. The summed E-state index contributed by atoms with van der Waals surface area (Å²) in [5.74, 6) is -2.97. The Hall–Kier alpha value is -0.753. The monoisotopic (exact) mass is 305 g/mol. The van der Waals surface area contributed by atoms with Gasteiger partial charge in [0.1, 0.15) is 9.73 Å². The SMILES string of the molecule is CC(C)(C)[Si](C)(C)N=[S@@](=O)(c1ccccc1)C(F)F. The van der Waals surface area contributed by atoms with Crippen molar-refractivity contribution in [2.24, 2.45) is 4.03 Å². The van der Waals surface area contributed by atoms with Crippen molar-refractivity contribution >= 4 is 18.0 Å². The quantitative estimate of drug-likeness (QED) is 0.742. The maximum absolute atomic E-state index is 13.3. The van der Waals surface area contributed by atoms with E-state index in [2.05, 4.69) is 4.03 Å². The Morgan fingerprint density at radius 1 is 1.16 bits per heavy atom. The number of benzene rings is 1. The first kappa shape index (κ1) is 16.3. The Morgan fingerprint density at radius 2 is 1.63 bits per heavy atom. The van der Waals surface area contributed by atoms with E-state index >= 15 is 0 Å². The van der Waals surface area contributed by atoms with E-state index in [0.717, 1.165) is 0 Å². The lowest BCUT2D eigenvalue weighted by Gasteiger charge is -2.33. The number of nitrogens with zero attached hydrogens (tertiary/aromatic N) is 1. The standard InChI is InChI=1S/C13H21F2NOSSi/c1-13(2,3)19(4,5)16-18(17,12(14)15)11-9-7-6-8-10-11/h6-10,12H,1-5H3/t18-/m1/s1. The molecule has 0 spiro atoms. The van der Waals surface area contributed by atoms with E-state index < -0.39 is 23.7 Å². The number of rotatable bonds is 3. The molecule has 0 amide bonds. The first-order chi connectivity index (χ1) is 8.51. The van der Waals surface area contributed by atoms with Crippen LogP contribution in [-0.2, 0) is 9.73 Å². The van der Waals surface area contributed by atoms with E-state index in [-0.39, 0.29) is 9.93 Å². The molecule has 0 N–H and O–H groups in total. The summed E-state index contributed by atoms with van der Waals surface area (Å²) in [5, 5.41) is -0.223. The number of hydrogen-bond acceptors (Lipinski definition) is 2. The highest BCUT2D eigenvalue weighted by molar-refractivity contribution is 7.94. The lowest BCUT2D eigenvalue weighted by Crippen LogP contribution is -2.37. The molecule has 0 saturated heterocycles. The number of hydrogen-bond donors (Lipinski definition) is 0. The molecule has 0 fully saturated rings. The van der Waals surface area contributed by atoms with E-state index in [9.17, 15) is 13.0 Å². The van der Waals surface area contributed by atoms with Crippen LogP contribution in [0.1, 0.15) is 20.8 Å². The maximum atomic E-state index is 13.3.